The van der Waals surface area contributed by atoms with Crippen LogP contribution in [0.25, 0.3) is 22.0 Å². The van der Waals surface area contributed by atoms with Crippen molar-refractivity contribution < 1.29 is 0 Å². The molecule has 0 amide bonds. The normalized spacial score (nSPS) is 11.0. The topological polar surface area (TPSA) is 51.8 Å². The summed E-state index contributed by atoms with van der Waals surface area (Å²) in [5.74, 6) is 1.14. The summed E-state index contributed by atoms with van der Waals surface area (Å²) in [7, 11) is 0. The van der Waals surface area contributed by atoms with Gasteiger partial charge in [0.1, 0.15) is 11.6 Å². The molecule has 2 N–H and O–H groups in total. The zero-order chi connectivity index (χ0) is 15.1. The molecule has 0 radical (unpaired) electrons. The number of hydrogen-bond acceptors (Lipinski definition) is 3. The number of nitrogens with two attached hydrogens (primary N) is 1. The summed E-state index contributed by atoms with van der Waals surface area (Å²) in [4.78, 5) is 8.79. The molecule has 0 saturated carbocycles. The summed E-state index contributed by atoms with van der Waals surface area (Å²) in [6.07, 6.45) is 0. The van der Waals surface area contributed by atoms with Gasteiger partial charge in [0.2, 0.25) is 0 Å². The number of fused-ring (bicyclic) bond motifs is 1. The molecule has 0 spiro atoms. The molecule has 0 fully saturated rings. The highest BCUT2D eigenvalue weighted by Crippen LogP contribution is 2.35. The number of aryl methyl sites for hydroxylation is 2. The van der Waals surface area contributed by atoms with Crippen molar-refractivity contribution in [3.8, 4) is 11.1 Å². The van der Waals surface area contributed by atoms with Crippen molar-refractivity contribution in [1.82, 2.24) is 9.97 Å². The maximum atomic E-state index is 6.12. The molecule has 21 heavy (non-hydrogen) atoms. The first-order valence-electron chi connectivity index (χ1n) is 6.46. The SMILES string of the molecule is Cc1nc(N)c2c(-c3ccc(Cl)c(Cl)c3)ccc(C)c2n1. The highest BCUT2D eigenvalue weighted by molar-refractivity contribution is 6.42. The first kappa shape index (κ1) is 14.1. The molecule has 0 aliphatic heterocycles. The van der Waals surface area contributed by atoms with Crippen LogP contribution >= 0.6 is 23.2 Å². The van der Waals surface area contributed by atoms with Gasteiger partial charge in [0.25, 0.3) is 0 Å². The number of rotatable bonds is 1. The molecule has 106 valence electrons. The van der Waals surface area contributed by atoms with E-state index < -0.39 is 0 Å². The summed E-state index contributed by atoms with van der Waals surface area (Å²) in [6.45, 7) is 3.84. The third-order valence-electron chi connectivity index (χ3n) is 3.42. The van der Waals surface area contributed by atoms with Crippen LogP contribution < -0.4 is 5.73 Å². The van der Waals surface area contributed by atoms with E-state index in [-0.39, 0.29) is 0 Å². The lowest BCUT2D eigenvalue weighted by atomic mass is 9.98. The average molecular weight is 318 g/mol. The minimum Gasteiger partial charge on any atom is -0.383 e. The maximum Gasteiger partial charge on any atom is 0.135 e. The van der Waals surface area contributed by atoms with Crippen molar-refractivity contribution in [3.63, 3.8) is 0 Å². The van der Waals surface area contributed by atoms with Crippen molar-refractivity contribution in [2.75, 3.05) is 5.73 Å². The number of nitrogen functional groups attached to an aromatic ring is 1. The van der Waals surface area contributed by atoms with Gasteiger partial charge in [-0.05, 0) is 42.7 Å². The molecule has 1 heterocycles. The highest BCUT2D eigenvalue weighted by Gasteiger charge is 2.13. The molecule has 1 aromatic heterocycles. The molecule has 0 aliphatic rings. The Balaban J connectivity index is 2.38. The van der Waals surface area contributed by atoms with E-state index in [0.29, 0.717) is 21.7 Å². The van der Waals surface area contributed by atoms with Crippen LogP contribution in [0.4, 0.5) is 5.82 Å². The largest absolute Gasteiger partial charge is 0.383 e. The molecule has 0 saturated heterocycles. The van der Waals surface area contributed by atoms with E-state index >= 15 is 0 Å². The summed E-state index contributed by atoms with van der Waals surface area (Å²) >= 11 is 12.1. The third-order valence-corrected chi connectivity index (χ3v) is 4.16. The highest BCUT2D eigenvalue weighted by atomic mass is 35.5. The molecule has 3 nitrogen and oxygen atoms in total. The van der Waals surface area contributed by atoms with Crippen LogP contribution in [-0.4, -0.2) is 9.97 Å². The van der Waals surface area contributed by atoms with E-state index in [1.54, 1.807) is 6.07 Å². The maximum absolute atomic E-state index is 6.12. The fraction of sp³-hybridized carbons (Fsp3) is 0.125. The Morgan fingerprint density at radius 3 is 2.43 bits per heavy atom. The summed E-state index contributed by atoms with van der Waals surface area (Å²) in [5.41, 5.74) is 9.94. The van der Waals surface area contributed by atoms with Crippen LogP contribution in [0.2, 0.25) is 10.0 Å². The van der Waals surface area contributed by atoms with Gasteiger partial charge < -0.3 is 5.73 Å². The minimum absolute atomic E-state index is 0.474. The van der Waals surface area contributed by atoms with Crippen LogP contribution in [0.5, 0.6) is 0 Å². The van der Waals surface area contributed by atoms with Crippen molar-refractivity contribution in [2.45, 2.75) is 13.8 Å². The van der Waals surface area contributed by atoms with Gasteiger partial charge in [-0.1, -0.05) is 41.4 Å². The monoisotopic (exact) mass is 317 g/mol. The fourth-order valence-electron chi connectivity index (χ4n) is 2.42. The number of benzene rings is 2. The predicted octanol–water partition coefficient (Wildman–Crippen LogP) is 4.80. The van der Waals surface area contributed by atoms with Crippen LogP contribution in [-0.2, 0) is 0 Å². The third kappa shape index (κ3) is 2.43. The Morgan fingerprint density at radius 1 is 0.952 bits per heavy atom. The van der Waals surface area contributed by atoms with Gasteiger partial charge in [-0.2, -0.15) is 0 Å². The van der Waals surface area contributed by atoms with Gasteiger partial charge in [0.15, 0.2) is 0 Å². The van der Waals surface area contributed by atoms with E-state index in [4.69, 9.17) is 28.9 Å². The van der Waals surface area contributed by atoms with Crippen molar-refractivity contribution >= 4 is 39.9 Å². The Hall–Kier alpha value is -1.84. The lowest BCUT2D eigenvalue weighted by Gasteiger charge is -2.12. The lowest BCUT2D eigenvalue weighted by molar-refractivity contribution is 1.09. The smallest absolute Gasteiger partial charge is 0.135 e. The second-order valence-corrected chi connectivity index (χ2v) is 5.75. The van der Waals surface area contributed by atoms with Gasteiger partial charge in [-0.25, -0.2) is 9.97 Å². The first-order valence-corrected chi connectivity index (χ1v) is 7.22. The summed E-state index contributed by atoms with van der Waals surface area (Å²) in [5, 5.41) is 1.88. The van der Waals surface area contributed by atoms with E-state index in [2.05, 4.69) is 9.97 Å². The molecular formula is C16H13Cl2N3. The summed E-state index contributed by atoms with van der Waals surface area (Å²) in [6, 6.07) is 9.54. The molecule has 0 aliphatic carbocycles. The van der Waals surface area contributed by atoms with Crippen molar-refractivity contribution in [3.05, 3.63) is 51.8 Å². The second-order valence-electron chi connectivity index (χ2n) is 4.94. The Bertz CT molecular complexity index is 860. The van der Waals surface area contributed by atoms with Crippen LogP contribution in [0.1, 0.15) is 11.4 Å². The second kappa shape index (κ2) is 5.17. The quantitative estimate of drug-likeness (QED) is 0.701. The molecule has 0 unspecified atom stereocenters. The van der Waals surface area contributed by atoms with E-state index in [1.807, 2.05) is 38.1 Å². The van der Waals surface area contributed by atoms with Gasteiger partial charge >= 0.3 is 0 Å². The first-order chi connectivity index (χ1) is 9.97. The molecule has 0 bridgehead atoms. The lowest BCUT2D eigenvalue weighted by Crippen LogP contribution is -2.00. The number of anilines is 1. The van der Waals surface area contributed by atoms with E-state index in [9.17, 15) is 0 Å². The fourth-order valence-corrected chi connectivity index (χ4v) is 2.72. The Morgan fingerprint density at radius 2 is 1.71 bits per heavy atom. The van der Waals surface area contributed by atoms with E-state index in [0.717, 1.165) is 27.6 Å². The Kier molecular flexibility index (Phi) is 3.47. The zero-order valence-corrected chi connectivity index (χ0v) is 13.1. The standard InChI is InChI=1S/C16H13Cl2N3/c1-8-3-5-11(10-4-6-12(17)13(18)7-10)14-15(8)20-9(2)21-16(14)19/h3-7H,1-2H3,(H2,19,20,21). The van der Waals surface area contributed by atoms with Gasteiger partial charge in [0, 0.05) is 0 Å². The predicted molar refractivity (Wildman–Crippen MR) is 88.9 cm³/mol. The molecule has 0 atom stereocenters. The van der Waals surface area contributed by atoms with Gasteiger partial charge in [-0.3, -0.25) is 0 Å². The molecule has 3 aromatic rings. The van der Waals surface area contributed by atoms with Crippen LogP contribution in [0.3, 0.4) is 0 Å². The molecule has 5 heteroatoms. The van der Waals surface area contributed by atoms with Gasteiger partial charge in [-0.15, -0.1) is 0 Å². The van der Waals surface area contributed by atoms with E-state index in [1.165, 1.54) is 0 Å². The number of aromatic nitrogens is 2. The number of nitrogens with zero attached hydrogens (tertiary/aromatic N) is 2. The Labute approximate surface area is 132 Å². The molecule has 2 aromatic carbocycles. The van der Waals surface area contributed by atoms with Gasteiger partial charge in [0.05, 0.1) is 20.9 Å². The number of hydrogen-bond donors (Lipinski definition) is 1. The summed E-state index contributed by atoms with van der Waals surface area (Å²) < 4.78 is 0. The molecule has 3 rings (SSSR count). The minimum atomic E-state index is 0.474. The van der Waals surface area contributed by atoms with Crippen molar-refractivity contribution in [2.24, 2.45) is 0 Å². The molecular weight excluding hydrogens is 305 g/mol. The van der Waals surface area contributed by atoms with Crippen molar-refractivity contribution in [1.29, 1.82) is 0 Å². The van der Waals surface area contributed by atoms with Crippen LogP contribution in [0, 0.1) is 13.8 Å². The average Bonchev–Trinajstić information content (AvgIpc) is 2.43. The zero-order valence-electron chi connectivity index (χ0n) is 11.6. The number of halogens is 2. The van der Waals surface area contributed by atoms with Crippen LogP contribution in [0.15, 0.2) is 30.3 Å².